The number of ether oxygens (including phenoxy) is 2. The fourth-order valence-corrected chi connectivity index (χ4v) is 9.30. The Morgan fingerprint density at radius 1 is 0.486 bits per heavy atom. The molecule has 1 fully saturated rings. The van der Waals surface area contributed by atoms with Crippen molar-refractivity contribution in [3.05, 3.63) is 72.9 Å². The molecule has 7 unspecified atom stereocenters. The summed E-state index contributed by atoms with van der Waals surface area (Å²) in [6.45, 7) is 3.67. The lowest BCUT2D eigenvalue weighted by Gasteiger charge is -2.40. The third-order valence-corrected chi connectivity index (χ3v) is 14.0. The molecule has 0 aromatic heterocycles. The lowest BCUT2D eigenvalue weighted by atomic mass is 9.99. The Balaban J connectivity index is 2.22. The van der Waals surface area contributed by atoms with Crippen molar-refractivity contribution >= 4 is 5.91 Å². The third kappa shape index (κ3) is 40.9. The summed E-state index contributed by atoms with van der Waals surface area (Å²) in [5, 5.41) is 54.6. The van der Waals surface area contributed by atoms with Crippen molar-refractivity contribution in [2.24, 2.45) is 0 Å². The van der Waals surface area contributed by atoms with Crippen LogP contribution in [-0.4, -0.2) is 87.5 Å². The molecule has 0 saturated carbocycles. The zero-order valence-corrected chi connectivity index (χ0v) is 46.4. The summed E-state index contributed by atoms with van der Waals surface area (Å²) in [5.41, 5.74) is 0. The maximum absolute atomic E-state index is 13.1. The molecule has 1 heterocycles. The molecule has 418 valence electrons. The van der Waals surface area contributed by atoms with Crippen LogP contribution in [0.1, 0.15) is 264 Å². The molecule has 0 aromatic carbocycles. The first-order valence-electron chi connectivity index (χ1n) is 30.2. The summed E-state index contributed by atoms with van der Waals surface area (Å²) >= 11 is 0. The Hall–Kier alpha value is -2.37. The first-order valence-corrected chi connectivity index (χ1v) is 30.2. The Bertz CT molecular complexity index is 1360. The van der Waals surface area contributed by atoms with Gasteiger partial charge in [0.2, 0.25) is 5.91 Å². The molecular weight excluding hydrogens is 899 g/mol. The van der Waals surface area contributed by atoms with Gasteiger partial charge in [0.15, 0.2) is 6.29 Å². The Labute approximate surface area is 442 Å². The zero-order valence-electron chi connectivity index (χ0n) is 46.4. The predicted octanol–water partition coefficient (Wildman–Crippen LogP) is 15.2. The SMILES string of the molecule is CC/C=C\C/C=C\C/C=C\C/C=C\C/C=C\CCCCCCCC(=O)NC(COC1OC(CO)C(O)C(O)C1O)C(O)/C=C/CCCCCCCCCCCCCCCCCCCCCCCCCCCC. The molecule has 1 saturated heterocycles. The number of aliphatic hydroxyl groups excluding tert-OH is 5. The fourth-order valence-electron chi connectivity index (χ4n) is 9.30. The molecule has 72 heavy (non-hydrogen) atoms. The first-order chi connectivity index (χ1) is 35.3. The highest BCUT2D eigenvalue weighted by molar-refractivity contribution is 5.76. The molecule has 1 amide bonds. The van der Waals surface area contributed by atoms with E-state index >= 15 is 0 Å². The number of aliphatic hydroxyl groups is 5. The van der Waals surface area contributed by atoms with Gasteiger partial charge >= 0.3 is 0 Å². The molecule has 1 aliphatic heterocycles. The summed E-state index contributed by atoms with van der Waals surface area (Å²) in [5.74, 6) is -0.195. The number of carbonyl (C=O) groups is 1. The summed E-state index contributed by atoms with van der Waals surface area (Å²) in [7, 11) is 0. The normalized spacial score (nSPS) is 19.7. The summed E-state index contributed by atoms with van der Waals surface area (Å²) in [6, 6.07) is -0.821. The van der Waals surface area contributed by atoms with Crippen molar-refractivity contribution in [2.75, 3.05) is 13.2 Å². The molecule has 0 radical (unpaired) electrons. The van der Waals surface area contributed by atoms with E-state index in [-0.39, 0.29) is 12.5 Å². The van der Waals surface area contributed by atoms with E-state index in [9.17, 15) is 30.3 Å². The van der Waals surface area contributed by atoms with Crippen molar-refractivity contribution in [3.8, 4) is 0 Å². The minimum absolute atomic E-state index is 0.195. The predicted molar refractivity (Wildman–Crippen MR) is 304 cm³/mol. The van der Waals surface area contributed by atoms with Crippen molar-refractivity contribution in [3.63, 3.8) is 0 Å². The van der Waals surface area contributed by atoms with Crippen molar-refractivity contribution in [2.45, 2.75) is 307 Å². The van der Waals surface area contributed by atoms with Gasteiger partial charge in [-0.3, -0.25) is 4.79 Å². The minimum atomic E-state index is -1.57. The number of hydrogen-bond acceptors (Lipinski definition) is 8. The number of allylic oxidation sites excluding steroid dienone is 11. The standard InChI is InChI=1S/C63H113NO8/c1-3-5-7-9-11-13-15-17-19-21-23-25-26-27-28-29-30-31-33-34-36-38-40-42-44-46-48-50-52-57(66)56(55-71-63-62(70)61(69)60(68)58(54-65)72-63)64-59(67)53-51-49-47-45-43-41-39-37-35-32-24-22-20-18-16-14-12-10-8-6-4-2/h6,8,12,14,18,20,24,32,37,39,50,52,56-58,60-63,65-66,68-70H,3-5,7,9-11,13,15-17,19,21-23,25-31,33-36,38,40-49,51,53-55H2,1-2H3,(H,64,67)/b8-6-,14-12-,20-18-,32-24-,39-37-,52-50+. The molecule has 1 aliphatic rings. The molecule has 7 atom stereocenters. The molecule has 0 bridgehead atoms. The van der Waals surface area contributed by atoms with Gasteiger partial charge in [0.05, 0.1) is 25.4 Å². The van der Waals surface area contributed by atoms with Gasteiger partial charge < -0.3 is 40.3 Å². The van der Waals surface area contributed by atoms with Crippen LogP contribution in [0.5, 0.6) is 0 Å². The van der Waals surface area contributed by atoms with E-state index in [1.165, 1.54) is 154 Å². The van der Waals surface area contributed by atoms with E-state index in [0.717, 1.165) is 89.9 Å². The topological polar surface area (TPSA) is 149 Å². The lowest BCUT2D eigenvalue weighted by molar-refractivity contribution is -0.302. The Morgan fingerprint density at radius 2 is 0.861 bits per heavy atom. The maximum atomic E-state index is 13.1. The lowest BCUT2D eigenvalue weighted by Crippen LogP contribution is -2.60. The van der Waals surface area contributed by atoms with Gasteiger partial charge in [-0.2, -0.15) is 0 Å². The summed E-state index contributed by atoms with van der Waals surface area (Å²) < 4.78 is 11.3. The van der Waals surface area contributed by atoms with Crippen LogP contribution in [0.4, 0.5) is 0 Å². The van der Waals surface area contributed by atoms with Gasteiger partial charge in [0, 0.05) is 6.42 Å². The van der Waals surface area contributed by atoms with Gasteiger partial charge in [-0.05, 0) is 64.2 Å². The third-order valence-electron chi connectivity index (χ3n) is 14.0. The number of carbonyl (C=O) groups excluding carboxylic acids is 1. The number of amides is 1. The van der Waals surface area contributed by atoms with E-state index in [4.69, 9.17) is 9.47 Å². The van der Waals surface area contributed by atoms with Gasteiger partial charge in [-0.15, -0.1) is 0 Å². The number of rotatable bonds is 51. The second-order valence-electron chi connectivity index (χ2n) is 20.8. The molecule has 0 aliphatic carbocycles. The quantitative estimate of drug-likeness (QED) is 0.0261. The molecule has 6 N–H and O–H groups in total. The molecule has 0 spiro atoms. The molecule has 1 rings (SSSR count). The molecule has 0 aromatic rings. The number of unbranched alkanes of at least 4 members (excludes halogenated alkanes) is 31. The zero-order chi connectivity index (χ0) is 52.2. The Morgan fingerprint density at radius 3 is 1.28 bits per heavy atom. The van der Waals surface area contributed by atoms with Crippen molar-refractivity contribution in [1.29, 1.82) is 0 Å². The Kier molecular flexibility index (Phi) is 48.9. The van der Waals surface area contributed by atoms with E-state index in [1.807, 2.05) is 6.08 Å². The van der Waals surface area contributed by atoms with Gasteiger partial charge in [-0.25, -0.2) is 0 Å². The van der Waals surface area contributed by atoms with E-state index in [1.54, 1.807) is 6.08 Å². The van der Waals surface area contributed by atoms with Gasteiger partial charge in [0.25, 0.3) is 0 Å². The van der Waals surface area contributed by atoms with Crippen molar-refractivity contribution in [1.82, 2.24) is 5.32 Å². The van der Waals surface area contributed by atoms with E-state index < -0.39 is 49.5 Å². The van der Waals surface area contributed by atoms with Gasteiger partial charge in [0.1, 0.15) is 24.4 Å². The molecule has 9 nitrogen and oxygen atoms in total. The second-order valence-corrected chi connectivity index (χ2v) is 20.8. The average molecular weight is 1010 g/mol. The highest BCUT2D eigenvalue weighted by Gasteiger charge is 2.44. The van der Waals surface area contributed by atoms with Gasteiger partial charge in [-0.1, -0.05) is 267 Å². The largest absolute Gasteiger partial charge is 0.394 e. The monoisotopic (exact) mass is 1010 g/mol. The fraction of sp³-hybridized carbons (Fsp3) is 0.794. The average Bonchev–Trinajstić information content (AvgIpc) is 3.38. The highest BCUT2D eigenvalue weighted by Crippen LogP contribution is 2.23. The van der Waals surface area contributed by atoms with Crippen LogP contribution in [0.2, 0.25) is 0 Å². The minimum Gasteiger partial charge on any atom is -0.394 e. The van der Waals surface area contributed by atoms with E-state index in [2.05, 4.69) is 79.9 Å². The second kappa shape index (κ2) is 52.1. The number of nitrogens with one attached hydrogen (secondary N) is 1. The van der Waals surface area contributed by atoms with Crippen LogP contribution < -0.4 is 5.32 Å². The van der Waals surface area contributed by atoms with Crippen LogP contribution in [0.25, 0.3) is 0 Å². The number of hydrogen-bond donors (Lipinski definition) is 6. The summed E-state index contributed by atoms with van der Waals surface area (Å²) in [6.07, 6.45) is 65.4. The summed E-state index contributed by atoms with van der Waals surface area (Å²) in [4.78, 5) is 13.1. The van der Waals surface area contributed by atoms with Crippen LogP contribution in [-0.2, 0) is 14.3 Å². The van der Waals surface area contributed by atoms with Crippen molar-refractivity contribution < 1.29 is 39.8 Å². The van der Waals surface area contributed by atoms with Crippen LogP contribution >= 0.6 is 0 Å². The molecule has 9 heteroatoms. The highest BCUT2D eigenvalue weighted by atomic mass is 16.7. The van der Waals surface area contributed by atoms with E-state index in [0.29, 0.717) is 6.42 Å². The molecular formula is C63H113NO8. The van der Waals surface area contributed by atoms with Crippen LogP contribution in [0, 0.1) is 0 Å². The smallest absolute Gasteiger partial charge is 0.220 e. The van der Waals surface area contributed by atoms with Crippen LogP contribution in [0.15, 0.2) is 72.9 Å². The first kappa shape index (κ1) is 67.6. The van der Waals surface area contributed by atoms with Crippen LogP contribution in [0.3, 0.4) is 0 Å². The maximum Gasteiger partial charge on any atom is 0.220 e.